The third-order valence-corrected chi connectivity index (χ3v) is 14.4. The first kappa shape index (κ1) is 35.8. The number of piperidine rings is 1. The maximum absolute atomic E-state index is 14.6. The first-order valence-corrected chi connectivity index (χ1v) is 18.9. The summed E-state index contributed by atoms with van der Waals surface area (Å²) in [6, 6.07) is 12.5. The number of carbonyl (C=O) groups excluding carboxylic acids is 2. The molecule has 1 aromatic carbocycles. The highest BCUT2D eigenvalue weighted by Gasteiger charge is 2.88. The van der Waals surface area contributed by atoms with E-state index in [-0.39, 0.29) is 53.4 Å². The quantitative estimate of drug-likeness (QED) is 0.253. The number of aryl methyl sites for hydroxylation is 1. The summed E-state index contributed by atoms with van der Waals surface area (Å²) < 4.78 is 25.4. The first-order valence-electron chi connectivity index (χ1n) is 18.9. The fourth-order valence-electron chi connectivity index (χ4n) is 12.8. The van der Waals surface area contributed by atoms with Crippen molar-refractivity contribution < 1.29 is 38.7 Å². The van der Waals surface area contributed by atoms with E-state index in [9.17, 15) is 19.8 Å². The number of hydrogen-bond acceptors (Lipinski definition) is 10. The van der Waals surface area contributed by atoms with Crippen molar-refractivity contribution in [1.82, 2.24) is 9.88 Å². The summed E-state index contributed by atoms with van der Waals surface area (Å²) in [4.78, 5) is 34.9. The zero-order valence-electron chi connectivity index (χ0n) is 31.1. The van der Waals surface area contributed by atoms with Crippen LogP contribution in [0.1, 0.15) is 74.1 Å². The lowest BCUT2D eigenvalue weighted by molar-refractivity contribution is -0.328. The van der Waals surface area contributed by atoms with Crippen LogP contribution < -0.4 is 5.32 Å². The van der Waals surface area contributed by atoms with Crippen molar-refractivity contribution >= 4 is 23.6 Å². The summed E-state index contributed by atoms with van der Waals surface area (Å²) >= 11 is 0. The molecule has 8 rings (SSSR count). The molecular formula is C41H53N3O8. The number of carbonyl (C=O) groups is 2. The number of benzene rings is 1. The minimum atomic E-state index is -1.52. The van der Waals surface area contributed by atoms with Crippen LogP contribution >= 0.6 is 0 Å². The van der Waals surface area contributed by atoms with E-state index in [4.69, 9.17) is 18.9 Å². The number of methoxy groups -OCH3 is 3. The van der Waals surface area contributed by atoms with Crippen molar-refractivity contribution in [3.8, 4) is 0 Å². The van der Waals surface area contributed by atoms with Gasteiger partial charge in [0, 0.05) is 74.8 Å². The van der Waals surface area contributed by atoms with Gasteiger partial charge in [0.25, 0.3) is 5.91 Å². The van der Waals surface area contributed by atoms with Crippen LogP contribution in [0.3, 0.4) is 0 Å². The Morgan fingerprint density at radius 1 is 1.02 bits per heavy atom. The van der Waals surface area contributed by atoms with Gasteiger partial charge in [-0.2, -0.15) is 0 Å². The van der Waals surface area contributed by atoms with Gasteiger partial charge < -0.3 is 34.5 Å². The molecule has 1 unspecified atom stereocenters. The average Bonchev–Trinajstić information content (AvgIpc) is 3.53. The molecule has 2 aromatic rings. The molecule has 280 valence electrons. The molecule has 2 heterocycles. The SMILES string of the molecule is CCN1C[C@]2(OC(=O)c3ccccc3NC(=O)/C(C)=C/c3cccc(C)n3)CC[C@H](OC)[C@]34C1[C@@H](C[C@H]23)[C@@]1(O)C[C@H](OC)C[C@H]2C[C@@H]4[C@]1(O)[C@H]2OC. The van der Waals surface area contributed by atoms with E-state index in [1.807, 2.05) is 25.1 Å². The van der Waals surface area contributed by atoms with E-state index < -0.39 is 34.3 Å². The molecule has 1 spiro atoms. The highest BCUT2D eigenvalue weighted by molar-refractivity contribution is 6.09. The molecule has 6 fully saturated rings. The number of rotatable bonds is 9. The second-order valence-electron chi connectivity index (χ2n) is 16.4. The van der Waals surface area contributed by atoms with Crippen molar-refractivity contribution in [3.63, 3.8) is 0 Å². The normalized spacial score (nSPS) is 41.7. The molecule has 52 heavy (non-hydrogen) atoms. The number of esters is 1. The number of fused-ring (bicyclic) bond motifs is 2. The van der Waals surface area contributed by atoms with Gasteiger partial charge in [-0.3, -0.25) is 14.7 Å². The van der Waals surface area contributed by atoms with Gasteiger partial charge in [0.2, 0.25) is 0 Å². The molecule has 3 N–H and O–H groups in total. The summed E-state index contributed by atoms with van der Waals surface area (Å²) in [6.07, 6.45) is 4.26. The number of nitrogens with one attached hydrogen (secondary N) is 1. The number of likely N-dealkylation sites (tertiary alicyclic amines) is 1. The lowest BCUT2D eigenvalue weighted by atomic mass is 9.43. The minimum absolute atomic E-state index is 0.00502. The number of nitrogens with zero attached hydrogens (tertiary/aromatic N) is 2. The molecule has 11 heteroatoms. The second kappa shape index (κ2) is 12.7. The summed E-state index contributed by atoms with van der Waals surface area (Å²) in [5.41, 5.74) is -1.86. The predicted molar refractivity (Wildman–Crippen MR) is 193 cm³/mol. The van der Waals surface area contributed by atoms with Crippen LogP contribution in [0.4, 0.5) is 5.69 Å². The van der Waals surface area contributed by atoms with Gasteiger partial charge in [-0.05, 0) is 88.8 Å². The monoisotopic (exact) mass is 715 g/mol. The number of likely N-dealkylation sites (N-methyl/N-ethyl adjacent to an activating group) is 1. The van der Waals surface area contributed by atoms with Gasteiger partial charge in [-0.25, -0.2) is 4.79 Å². The van der Waals surface area contributed by atoms with E-state index in [2.05, 4.69) is 22.1 Å². The number of aromatic nitrogens is 1. The van der Waals surface area contributed by atoms with Crippen LogP contribution in [-0.2, 0) is 23.7 Å². The fraction of sp³-hybridized carbons (Fsp3) is 0.634. The zero-order valence-corrected chi connectivity index (χ0v) is 31.1. The Morgan fingerprint density at radius 3 is 2.52 bits per heavy atom. The van der Waals surface area contributed by atoms with E-state index >= 15 is 0 Å². The topological polar surface area (TPSA) is 140 Å². The molecule has 1 saturated heterocycles. The van der Waals surface area contributed by atoms with Crippen LogP contribution in [0.5, 0.6) is 0 Å². The zero-order chi connectivity index (χ0) is 36.8. The highest BCUT2D eigenvalue weighted by atomic mass is 16.6. The molecule has 7 bridgehead atoms. The molecule has 5 aliphatic carbocycles. The van der Waals surface area contributed by atoms with Gasteiger partial charge in [0.1, 0.15) is 16.8 Å². The Hall–Kier alpha value is -3.19. The van der Waals surface area contributed by atoms with Crippen LogP contribution in [0.15, 0.2) is 48.0 Å². The average molecular weight is 716 g/mol. The van der Waals surface area contributed by atoms with Crippen molar-refractivity contribution in [2.45, 2.75) is 100 Å². The summed E-state index contributed by atoms with van der Waals surface area (Å²) in [6.45, 7) is 6.95. The van der Waals surface area contributed by atoms with Gasteiger partial charge in [0.05, 0.1) is 35.3 Å². The van der Waals surface area contributed by atoms with Crippen LogP contribution in [0.25, 0.3) is 6.08 Å². The van der Waals surface area contributed by atoms with E-state index in [0.29, 0.717) is 68.6 Å². The summed E-state index contributed by atoms with van der Waals surface area (Å²) in [7, 11) is 5.09. The number of amides is 1. The predicted octanol–water partition coefficient (Wildman–Crippen LogP) is 4.40. The van der Waals surface area contributed by atoms with Gasteiger partial charge in [0.15, 0.2) is 0 Å². The van der Waals surface area contributed by atoms with Crippen molar-refractivity contribution in [1.29, 1.82) is 0 Å². The largest absolute Gasteiger partial charge is 0.454 e. The summed E-state index contributed by atoms with van der Waals surface area (Å²) in [5.74, 6) is -1.68. The molecule has 0 radical (unpaired) electrons. The molecule has 1 aliphatic heterocycles. The number of anilines is 1. The molecular weight excluding hydrogens is 662 g/mol. The first-order chi connectivity index (χ1) is 24.9. The van der Waals surface area contributed by atoms with Gasteiger partial charge in [-0.1, -0.05) is 25.1 Å². The number of pyridine rings is 1. The number of hydrogen-bond donors (Lipinski definition) is 3. The smallest absolute Gasteiger partial charge is 0.340 e. The van der Waals surface area contributed by atoms with Gasteiger partial charge in [-0.15, -0.1) is 0 Å². The van der Waals surface area contributed by atoms with E-state index in [0.717, 1.165) is 5.69 Å². The van der Waals surface area contributed by atoms with Gasteiger partial charge >= 0.3 is 5.97 Å². The van der Waals surface area contributed by atoms with E-state index in [1.165, 1.54) is 0 Å². The molecule has 1 aromatic heterocycles. The third-order valence-electron chi connectivity index (χ3n) is 14.4. The Labute approximate surface area is 306 Å². The minimum Gasteiger partial charge on any atom is -0.454 e. The fourth-order valence-corrected chi connectivity index (χ4v) is 12.8. The maximum Gasteiger partial charge on any atom is 0.340 e. The van der Waals surface area contributed by atoms with Crippen LogP contribution in [0.2, 0.25) is 0 Å². The lowest BCUT2D eigenvalue weighted by Gasteiger charge is -2.70. The van der Waals surface area contributed by atoms with Crippen molar-refractivity contribution in [2.24, 2.45) is 29.1 Å². The maximum atomic E-state index is 14.6. The molecule has 1 amide bonds. The molecule has 11 nitrogen and oxygen atoms in total. The Morgan fingerprint density at radius 2 is 1.81 bits per heavy atom. The Kier molecular flexibility index (Phi) is 8.75. The third kappa shape index (κ3) is 4.75. The Balaban J connectivity index is 1.17. The molecule has 12 atom stereocenters. The van der Waals surface area contributed by atoms with Crippen LogP contribution in [0, 0.1) is 36.0 Å². The highest BCUT2D eigenvalue weighted by Crippen LogP contribution is 2.78. The van der Waals surface area contributed by atoms with Crippen molar-refractivity contribution in [2.75, 3.05) is 39.7 Å². The molecule has 6 aliphatic rings. The number of ether oxygens (including phenoxy) is 4. The van der Waals surface area contributed by atoms with E-state index in [1.54, 1.807) is 58.6 Å². The summed E-state index contributed by atoms with van der Waals surface area (Å²) in [5, 5.41) is 29.3. The van der Waals surface area contributed by atoms with Crippen LogP contribution in [-0.4, -0.2) is 108 Å². The standard InChI is InChI=1S/C41H53N3O8/c1-7-44-22-38(52-37(46)28-13-8-9-14-30(28)43-36(45)23(2)17-26-12-10-11-24(3)42-26)16-15-33(50-5)40-31(38)20-29(34(40)44)39(47)21-27(49-4)18-25-19-32(40)41(39,48)35(25)51-6/h8-14,17,25,27,29,31-35,47-48H,7,15-16,18-22H2,1-6H3,(H,43,45)/b23-17+/t25-,27+,29+,31+,32-,33-,34?,35-,38+,39-,40-,41-/m0/s1. The number of para-hydroxylation sites is 1. The Bertz CT molecular complexity index is 1790. The lowest BCUT2D eigenvalue weighted by Crippen LogP contribution is -2.82. The molecule has 5 saturated carbocycles. The second-order valence-corrected chi connectivity index (χ2v) is 16.4. The van der Waals surface area contributed by atoms with Crippen molar-refractivity contribution in [3.05, 3.63) is 65.0 Å². The number of aliphatic hydroxyl groups is 2.